The number of rotatable bonds is 2. The van der Waals surface area contributed by atoms with E-state index < -0.39 is 0 Å². The van der Waals surface area contributed by atoms with Crippen LogP contribution < -0.4 is 0 Å². The first kappa shape index (κ1) is 12.3. The van der Waals surface area contributed by atoms with Crippen molar-refractivity contribution in [2.24, 2.45) is 29.1 Å². The molecule has 1 N–H and O–H groups in total. The number of nitrogens with zero attached hydrogens (tertiary/aromatic N) is 1. The summed E-state index contributed by atoms with van der Waals surface area (Å²) in [5.74, 6) is 2.77. The maximum atomic E-state index is 12.4. The highest BCUT2D eigenvalue weighted by molar-refractivity contribution is 5.88. The molecule has 0 aromatic rings. The lowest BCUT2D eigenvalue weighted by molar-refractivity contribution is -0.128. The summed E-state index contributed by atoms with van der Waals surface area (Å²) in [6.07, 6.45) is 4.42. The van der Waals surface area contributed by atoms with E-state index in [1.807, 2.05) is 0 Å². The second-order valence-corrected chi connectivity index (χ2v) is 8.07. The molecule has 3 aliphatic carbocycles. The largest absolute Gasteiger partial charge is 0.391 e. The number of Topliss-reactive ketones (excluding diaryl/α,β-unsaturated/α-hetero) is 1. The van der Waals surface area contributed by atoms with Crippen LogP contribution in [0.25, 0.3) is 0 Å². The molecule has 2 bridgehead atoms. The van der Waals surface area contributed by atoms with Crippen LogP contribution in [0, 0.1) is 29.1 Å². The Morgan fingerprint density at radius 1 is 1.32 bits per heavy atom. The summed E-state index contributed by atoms with van der Waals surface area (Å²) in [6, 6.07) is 0.375. The molecule has 4 rings (SSSR count). The van der Waals surface area contributed by atoms with Gasteiger partial charge in [0, 0.05) is 30.5 Å². The van der Waals surface area contributed by atoms with Gasteiger partial charge >= 0.3 is 0 Å². The minimum atomic E-state index is -0.117. The molecule has 1 saturated heterocycles. The van der Waals surface area contributed by atoms with Crippen molar-refractivity contribution in [2.75, 3.05) is 13.1 Å². The predicted octanol–water partition coefficient (Wildman–Crippen LogP) is 1.69. The number of carbonyl (C=O) groups is 1. The average Bonchev–Trinajstić information content (AvgIpc) is 3.00. The molecule has 6 atom stereocenters. The molecular formula is C16H25NO2. The first-order valence-corrected chi connectivity index (χ1v) is 7.94. The Kier molecular flexibility index (Phi) is 2.48. The number of hydrogen-bond acceptors (Lipinski definition) is 3. The van der Waals surface area contributed by atoms with Gasteiger partial charge in [-0.1, -0.05) is 13.8 Å². The number of ketones is 1. The summed E-state index contributed by atoms with van der Waals surface area (Å²) in [4.78, 5) is 14.9. The number of carbonyl (C=O) groups excluding carboxylic acids is 1. The van der Waals surface area contributed by atoms with Gasteiger partial charge in [-0.2, -0.15) is 0 Å². The highest BCUT2D eigenvalue weighted by Crippen LogP contribution is 2.55. The minimum Gasteiger partial charge on any atom is -0.391 e. The van der Waals surface area contributed by atoms with E-state index in [1.165, 1.54) is 12.8 Å². The Bertz CT molecular complexity index is 417. The van der Waals surface area contributed by atoms with Gasteiger partial charge in [0.2, 0.25) is 0 Å². The van der Waals surface area contributed by atoms with Crippen LogP contribution in [0.2, 0.25) is 0 Å². The zero-order valence-electron chi connectivity index (χ0n) is 12.0. The fraction of sp³-hybridized carbons (Fsp3) is 0.938. The normalized spacial score (nSPS) is 51.4. The van der Waals surface area contributed by atoms with Crippen molar-refractivity contribution in [3.05, 3.63) is 0 Å². The van der Waals surface area contributed by atoms with Crippen LogP contribution >= 0.6 is 0 Å². The third kappa shape index (κ3) is 1.61. The molecule has 0 aromatic carbocycles. The summed E-state index contributed by atoms with van der Waals surface area (Å²) in [6.45, 7) is 6.21. The Morgan fingerprint density at radius 2 is 2.11 bits per heavy atom. The van der Waals surface area contributed by atoms with Gasteiger partial charge in [-0.15, -0.1) is 0 Å². The van der Waals surface area contributed by atoms with Crippen molar-refractivity contribution in [3.63, 3.8) is 0 Å². The van der Waals surface area contributed by atoms with Crippen LogP contribution in [0.4, 0.5) is 0 Å². The van der Waals surface area contributed by atoms with Crippen molar-refractivity contribution in [1.82, 2.24) is 4.90 Å². The highest BCUT2D eigenvalue weighted by Gasteiger charge is 2.59. The average molecular weight is 263 g/mol. The quantitative estimate of drug-likeness (QED) is 0.824. The summed E-state index contributed by atoms with van der Waals surface area (Å²) < 4.78 is 0. The van der Waals surface area contributed by atoms with Gasteiger partial charge in [0.15, 0.2) is 0 Å². The molecule has 0 aromatic heterocycles. The SMILES string of the molecule is CC1(C)CCC(CN2CC3CC4CC3C2C4O)C1=O. The van der Waals surface area contributed by atoms with Crippen molar-refractivity contribution in [2.45, 2.75) is 51.7 Å². The maximum Gasteiger partial charge on any atom is 0.142 e. The smallest absolute Gasteiger partial charge is 0.142 e. The second kappa shape index (κ2) is 3.82. The molecule has 0 amide bonds. The van der Waals surface area contributed by atoms with Crippen molar-refractivity contribution >= 4 is 5.78 Å². The number of aliphatic hydroxyl groups is 1. The molecule has 1 aliphatic heterocycles. The molecule has 6 unspecified atom stereocenters. The van der Waals surface area contributed by atoms with E-state index in [9.17, 15) is 9.90 Å². The fourth-order valence-corrected chi connectivity index (χ4v) is 5.55. The first-order chi connectivity index (χ1) is 8.97. The van der Waals surface area contributed by atoms with Gasteiger partial charge in [-0.3, -0.25) is 9.69 Å². The van der Waals surface area contributed by atoms with E-state index in [1.54, 1.807) is 0 Å². The monoisotopic (exact) mass is 263 g/mol. The van der Waals surface area contributed by atoms with E-state index in [0.29, 0.717) is 17.7 Å². The molecular weight excluding hydrogens is 238 g/mol. The molecule has 3 saturated carbocycles. The Morgan fingerprint density at radius 3 is 2.74 bits per heavy atom. The van der Waals surface area contributed by atoms with Gasteiger partial charge in [-0.25, -0.2) is 0 Å². The van der Waals surface area contributed by atoms with Crippen molar-refractivity contribution in [1.29, 1.82) is 0 Å². The molecule has 106 valence electrons. The number of hydrogen-bond donors (Lipinski definition) is 1. The topological polar surface area (TPSA) is 40.5 Å². The molecule has 4 fully saturated rings. The van der Waals surface area contributed by atoms with E-state index in [4.69, 9.17) is 0 Å². The molecule has 3 nitrogen and oxygen atoms in total. The lowest BCUT2D eigenvalue weighted by Gasteiger charge is -2.30. The van der Waals surface area contributed by atoms with Gasteiger partial charge in [0.05, 0.1) is 6.10 Å². The molecule has 0 spiro atoms. The standard InChI is InChI=1S/C16H25NO2/c1-16(2)4-3-9(15(16)19)7-17-8-11-5-10-6-12(11)13(17)14(10)18/h9-14,18H,3-8H2,1-2H3. The Balaban J connectivity index is 1.49. The minimum absolute atomic E-state index is 0.111. The number of aliphatic hydroxyl groups excluding tert-OH is 1. The van der Waals surface area contributed by atoms with Crippen LogP contribution in [0.15, 0.2) is 0 Å². The molecule has 4 aliphatic rings. The van der Waals surface area contributed by atoms with Gasteiger partial charge < -0.3 is 5.11 Å². The summed E-state index contributed by atoms with van der Waals surface area (Å²) in [5, 5.41) is 10.4. The highest BCUT2D eigenvalue weighted by atomic mass is 16.3. The lowest BCUT2D eigenvalue weighted by Crippen LogP contribution is -2.43. The maximum absolute atomic E-state index is 12.4. The van der Waals surface area contributed by atoms with E-state index in [-0.39, 0.29) is 17.4 Å². The Hall–Kier alpha value is -0.410. The summed E-state index contributed by atoms with van der Waals surface area (Å²) >= 11 is 0. The third-order valence-corrected chi connectivity index (χ3v) is 6.56. The van der Waals surface area contributed by atoms with E-state index >= 15 is 0 Å². The van der Waals surface area contributed by atoms with Crippen LogP contribution in [0.1, 0.15) is 39.5 Å². The van der Waals surface area contributed by atoms with E-state index in [0.717, 1.165) is 37.8 Å². The van der Waals surface area contributed by atoms with Crippen LogP contribution in [0.3, 0.4) is 0 Å². The molecule has 3 heteroatoms. The van der Waals surface area contributed by atoms with Gasteiger partial charge in [0.1, 0.15) is 5.78 Å². The summed E-state index contributed by atoms with van der Waals surface area (Å²) in [5.41, 5.74) is -0.111. The van der Waals surface area contributed by atoms with E-state index in [2.05, 4.69) is 18.7 Å². The Labute approximate surface area is 115 Å². The third-order valence-electron chi connectivity index (χ3n) is 6.56. The van der Waals surface area contributed by atoms with Gasteiger partial charge in [-0.05, 0) is 43.4 Å². The fourth-order valence-electron chi connectivity index (χ4n) is 5.55. The molecule has 0 radical (unpaired) electrons. The van der Waals surface area contributed by atoms with Crippen LogP contribution in [-0.4, -0.2) is 41.0 Å². The predicted molar refractivity (Wildman–Crippen MR) is 72.6 cm³/mol. The zero-order chi connectivity index (χ0) is 13.4. The molecule has 1 heterocycles. The van der Waals surface area contributed by atoms with Crippen LogP contribution in [0.5, 0.6) is 0 Å². The molecule has 19 heavy (non-hydrogen) atoms. The van der Waals surface area contributed by atoms with Crippen molar-refractivity contribution < 1.29 is 9.90 Å². The zero-order valence-corrected chi connectivity index (χ0v) is 12.0. The van der Waals surface area contributed by atoms with Crippen LogP contribution in [-0.2, 0) is 4.79 Å². The van der Waals surface area contributed by atoms with Crippen molar-refractivity contribution in [3.8, 4) is 0 Å². The first-order valence-electron chi connectivity index (χ1n) is 7.94. The summed E-state index contributed by atoms with van der Waals surface area (Å²) in [7, 11) is 0. The second-order valence-electron chi connectivity index (χ2n) is 8.07. The lowest BCUT2D eigenvalue weighted by atomic mass is 9.88. The number of likely N-dealkylation sites (tertiary alicyclic amines) is 1. The van der Waals surface area contributed by atoms with Gasteiger partial charge in [0.25, 0.3) is 0 Å². The number of fused-ring (bicyclic) bond motifs is 1.